The number of benzene rings is 6. The monoisotopic (exact) mass is 656 g/mol. The quantitative estimate of drug-likeness (QED) is 0.143. The van der Waals surface area contributed by atoms with E-state index in [4.69, 9.17) is 10.7 Å². The number of nitrogens with one attached hydrogen (secondary N) is 1. The average Bonchev–Trinajstić information content (AvgIpc) is 3.70. The Morgan fingerprint density at radius 1 is 0.706 bits per heavy atom. The Morgan fingerprint density at radius 3 is 2.10 bits per heavy atom. The van der Waals surface area contributed by atoms with Crippen LogP contribution in [0.3, 0.4) is 0 Å². The van der Waals surface area contributed by atoms with Crippen LogP contribution in [-0.2, 0) is 11.8 Å². The van der Waals surface area contributed by atoms with E-state index in [1.165, 1.54) is 55.5 Å². The molecule has 0 radical (unpaired) electrons. The zero-order chi connectivity index (χ0) is 33.9. The van der Waals surface area contributed by atoms with Crippen LogP contribution in [0.15, 0.2) is 163 Å². The molecule has 1 atom stereocenters. The molecule has 0 bridgehead atoms. The van der Waals surface area contributed by atoms with Crippen molar-refractivity contribution in [1.29, 1.82) is 0 Å². The standard InChI is InChI=1S/C47H36N4/c48-41(31-15-3-1-4-16-31)29-43(32-17-5-2-6-18-32)49-30-51-45-25-13-10-22-38(45)47(39-23-11-14-26-46(39)51)37-21-9-7-19-33(37)35-28-44-36(27-40(35)47)34-20-8-12-24-42(34)50-44/h1-7,9-19,21-30,41,50H,8,20,48H2/b43-29-,49-30?. The zero-order valence-corrected chi connectivity index (χ0v) is 28.1. The first-order valence-corrected chi connectivity index (χ1v) is 17.8. The van der Waals surface area contributed by atoms with Crippen molar-refractivity contribution in [2.75, 3.05) is 4.90 Å². The summed E-state index contributed by atoms with van der Waals surface area (Å²) >= 11 is 0. The summed E-state index contributed by atoms with van der Waals surface area (Å²) in [6.07, 6.45) is 10.7. The average molecular weight is 657 g/mol. The number of nitrogens with zero attached hydrogens (tertiary/aromatic N) is 2. The van der Waals surface area contributed by atoms with E-state index >= 15 is 0 Å². The highest BCUT2D eigenvalue weighted by Gasteiger charge is 2.51. The van der Waals surface area contributed by atoms with Gasteiger partial charge in [0.15, 0.2) is 0 Å². The number of hydrogen-bond donors (Lipinski definition) is 2. The molecule has 3 aliphatic rings. The molecule has 10 rings (SSSR count). The Morgan fingerprint density at radius 2 is 1.35 bits per heavy atom. The van der Waals surface area contributed by atoms with Crippen molar-refractivity contribution in [2.24, 2.45) is 10.7 Å². The number of rotatable bonds is 5. The molecule has 0 saturated heterocycles. The zero-order valence-electron chi connectivity index (χ0n) is 28.1. The summed E-state index contributed by atoms with van der Waals surface area (Å²) in [5, 5.41) is 1.33. The molecule has 1 spiro atoms. The molecule has 1 unspecified atom stereocenters. The summed E-state index contributed by atoms with van der Waals surface area (Å²) in [6, 6.07) is 51.8. The predicted octanol–water partition coefficient (Wildman–Crippen LogP) is 10.7. The number of aromatic nitrogens is 1. The van der Waals surface area contributed by atoms with Crippen molar-refractivity contribution in [3.8, 4) is 11.1 Å². The lowest BCUT2D eigenvalue weighted by Gasteiger charge is -2.43. The molecule has 3 N–H and O–H groups in total. The van der Waals surface area contributed by atoms with Crippen LogP contribution in [0.2, 0.25) is 0 Å². The maximum Gasteiger partial charge on any atom is 0.100 e. The van der Waals surface area contributed by atoms with Gasteiger partial charge in [-0.1, -0.05) is 127 Å². The molecule has 7 aromatic rings. The number of anilines is 2. The molecule has 0 saturated carbocycles. The number of allylic oxidation sites excluding steroid dienone is 1. The Hall–Kier alpha value is -6.23. The van der Waals surface area contributed by atoms with Crippen LogP contribution in [0.1, 0.15) is 57.1 Å². The van der Waals surface area contributed by atoms with E-state index in [0.717, 1.165) is 41.0 Å². The van der Waals surface area contributed by atoms with Gasteiger partial charge in [0, 0.05) is 16.6 Å². The van der Waals surface area contributed by atoms with Gasteiger partial charge in [-0.05, 0) is 99.3 Å². The lowest BCUT2D eigenvalue weighted by molar-refractivity contribution is 0.756. The predicted molar refractivity (Wildman–Crippen MR) is 211 cm³/mol. The normalized spacial score (nSPS) is 15.8. The van der Waals surface area contributed by atoms with Crippen LogP contribution in [-0.4, -0.2) is 11.3 Å². The van der Waals surface area contributed by atoms with Crippen LogP contribution < -0.4 is 10.6 Å². The van der Waals surface area contributed by atoms with Gasteiger partial charge in [-0.2, -0.15) is 0 Å². The summed E-state index contributed by atoms with van der Waals surface area (Å²) in [7, 11) is 0. The Labute approximate surface area is 297 Å². The lowest BCUT2D eigenvalue weighted by Crippen LogP contribution is -2.37. The van der Waals surface area contributed by atoms with Crippen LogP contribution in [0, 0.1) is 0 Å². The van der Waals surface area contributed by atoms with Crippen molar-refractivity contribution in [2.45, 2.75) is 24.3 Å². The highest BCUT2D eigenvalue weighted by Crippen LogP contribution is 2.62. The van der Waals surface area contributed by atoms with Crippen molar-refractivity contribution in [1.82, 2.24) is 4.98 Å². The van der Waals surface area contributed by atoms with Crippen LogP contribution in [0.4, 0.5) is 11.4 Å². The molecular weight excluding hydrogens is 621 g/mol. The minimum Gasteiger partial charge on any atom is -0.355 e. The number of aliphatic imine (C=N–C) groups is 1. The highest BCUT2D eigenvalue weighted by atomic mass is 15.2. The third-order valence-electron chi connectivity index (χ3n) is 11.0. The maximum absolute atomic E-state index is 6.77. The molecule has 2 aliphatic carbocycles. The van der Waals surface area contributed by atoms with E-state index in [9.17, 15) is 0 Å². The first-order chi connectivity index (χ1) is 25.2. The molecule has 0 fully saturated rings. The summed E-state index contributed by atoms with van der Waals surface area (Å²) < 4.78 is 0. The number of fused-ring (bicyclic) bond motifs is 12. The second kappa shape index (κ2) is 11.7. The Kier molecular flexibility index (Phi) is 6.80. The second-order valence-electron chi connectivity index (χ2n) is 13.7. The molecule has 244 valence electrons. The smallest absolute Gasteiger partial charge is 0.100 e. The molecule has 4 nitrogen and oxygen atoms in total. The van der Waals surface area contributed by atoms with Gasteiger partial charge < -0.3 is 15.6 Å². The van der Waals surface area contributed by atoms with E-state index in [1.807, 2.05) is 42.7 Å². The molecule has 4 heteroatoms. The van der Waals surface area contributed by atoms with Gasteiger partial charge in [0.2, 0.25) is 0 Å². The van der Waals surface area contributed by atoms with Crippen molar-refractivity contribution in [3.63, 3.8) is 0 Å². The fraction of sp³-hybridized carbons (Fsp3) is 0.0851. The second-order valence-corrected chi connectivity index (χ2v) is 13.7. The SMILES string of the molecule is NC(/C=C(\N=CN1c2ccccc2C2(c3ccccc3-c3cc4[nH]c5c(c4cc32)CCC=C5)c2ccccc21)c1ccccc1)c1ccccc1. The number of aryl methyl sites for hydroxylation is 1. The number of para-hydroxylation sites is 2. The molecular formula is C47H36N4. The topological polar surface area (TPSA) is 57.4 Å². The summed E-state index contributed by atoms with van der Waals surface area (Å²) in [6.45, 7) is 0. The van der Waals surface area contributed by atoms with Gasteiger partial charge in [-0.25, -0.2) is 4.99 Å². The van der Waals surface area contributed by atoms with Gasteiger partial charge in [-0.3, -0.25) is 0 Å². The van der Waals surface area contributed by atoms with Crippen LogP contribution >= 0.6 is 0 Å². The summed E-state index contributed by atoms with van der Waals surface area (Å²) in [5.41, 5.74) is 23.0. The van der Waals surface area contributed by atoms with E-state index in [-0.39, 0.29) is 6.04 Å². The fourth-order valence-electron chi connectivity index (χ4n) is 8.75. The fourth-order valence-corrected chi connectivity index (χ4v) is 8.75. The van der Waals surface area contributed by atoms with Crippen molar-refractivity contribution in [3.05, 3.63) is 202 Å². The molecule has 1 aliphatic heterocycles. The van der Waals surface area contributed by atoms with Gasteiger partial charge >= 0.3 is 0 Å². The van der Waals surface area contributed by atoms with Crippen LogP contribution in [0.25, 0.3) is 33.8 Å². The van der Waals surface area contributed by atoms with Crippen LogP contribution in [0.5, 0.6) is 0 Å². The largest absolute Gasteiger partial charge is 0.355 e. The first kappa shape index (κ1) is 29.7. The molecule has 0 amide bonds. The van der Waals surface area contributed by atoms with E-state index < -0.39 is 5.41 Å². The van der Waals surface area contributed by atoms with Gasteiger partial charge in [0.25, 0.3) is 0 Å². The Balaban J connectivity index is 1.19. The highest BCUT2D eigenvalue weighted by molar-refractivity contribution is 6.03. The lowest BCUT2D eigenvalue weighted by atomic mass is 9.64. The molecule has 6 aromatic carbocycles. The first-order valence-electron chi connectivity index (χ1n) is 17.8. The van der Waals surface area contributed by atoms with Gasteiger partial charge in [0.1, 0.15) is 6.34 Å². The minimum atomic E-state index is -0.500. The molecule has 1 aromatic heterocycles. The number of aromatic amines is 1. The summed E-state index contributed by atoms with van der Waals surface area (Å²) in [4.78, 5) is 11.3. The van der Waals surface area contributed by atoms with E-state index in [2.05, 4.69) is 137 Å². The van der Waals surface area contributed by atoms with Crippen molar-refractivity contribution < 1.29 is 0 Å². The third-order valence-corrected chi connectivity index (χ3v) is 11.0. The van der Waals surface area contributed by atoms with Gasteiger partial charge in [0.05, 0.1) is 28.5 Å². The van der Waals surface area contributed by atoms with E-state index in [0.29, 0.717) is 0 Å². The van der Waals surface area contributed by atoms with E-state index in [1.54, 1.807) is 0 Å². The van der Waals surface area contributed by atoms with Crippen molar-refractivity contribution >= 4 is 40.4 Å². The summed E-state index contributed by atoms with van der Waals surface area (Å²) in [5.74, 6) is 0. The minimum absolute atomic E-state index is 0.305. The Bertz CT molecular complexity index is 2510. The number of nitrogens with two attached hydrogens (primary N) is 1. The van der Waals surface area contributed by atoms with Gasteiger partial charge in [-0.15, -0.1) is 0 Å². The maximum atomic E-state index is 6.77. The number of hydrogen-bond acceptors (Lipinski definition) is 2. The third kappa shape index (κ3) is 4.47. The molecule has 2 heterocycles. The number of H-pyrrole nitrogens is 1. The molecule has 51 heavy (non-hydrogen) atoms.